The lowest BCUT2D eigenvalue weighted by Gasteiger charge is -2.03. The lowest BCUT2D eigenvalue weighted by molar-refractivity contribution is 0.0687. The van der Waals surface area contributed by atoms with Gasteiger partial charge in [-0.2, -0.15) is 9.36 Å². The summed E-state index contributed by atoms with van der Waals surface area (Å²) in [5, 5.41) is 9.29. The number of aryl methyl sites for hydroxylation is 1. The van der Waals surface area contributed by atoms with Crippen LogP contribution in [0, 0.1) is 0 Å². The molecule has 0 saturated heterocycles. The van der Waals surface area contributed by atoms with Crippen molar-refractivity contribution < 1.29 is 14.6 Å². The van der Waals surface area contributed by atoms with Crippen LogP contribution in [0.4, 0.5) is 0 Å². The Morgan fingerprint density at radius 2 is 2.39 bits per heavy atom. The molecule has 0 bridgehead atoms. The number of ether oxygens (including phenoxy) is 1. The van der Waals surface area contributed by atoms with Gasteiger partial charge in [-0.05, 0) is 18.6 Å². The van der Waals surface area contributed by atoms with E-state index >= 15 is 0 Å². The van der Waals surface area contributed by atoms with Gasteiger partial charge in [-0.25, -0.2) is 9.78 Å². The normalized spacial score (nSPS) is 10.3. The molecule has 0 unspecified atom stereocenters. The standard InChI is InChI=1S/C11H11N3O3S/c1-2-4-8-13-11(18-14-8)17-7-5-3-6-12-9(7)10(15)16/h3,5-6H,2,4H2,1H3,(H,15,16). The topological polar surface area (TPSA) is 85.2 Å². The van der Waals surface area contributed by atoms with Gasteiger partial charge in [0, 0.05) is 24.2 Å². The molecule has 0 radical (unpaired) electrons. The van der Waals surface area contributed by atoms with Crippen LogP contribution in [0.15, 0.2) is 18.3 Å². The Morgan fingerprint density at radius 3 is 3.11 bits per heavy atom. The molecule has 0 spiro atoms. The predicted molar refractivity (Wildman–Crippen MR) is 65.2 cm³/mol. The van der Waals surface area contributed by atoms with Gasteiger partial charge in [0.2, 0.25) is 0 Å². The second-order valence-electron chi connectivity index (χ2n) is 3.48. The van der Waals surface area contributed by atoms with Crippen LogP contribution in [-0.2, 0) is 6.42 Å². The third kappa shape index (κ3) is 2.80. The van der Waals surface area contributed by atoms with Crippen LogP contribution < -0.4 is 4.74 Å². The van der Waals surface area contributed by atoms with Crippen LogP contribution in [0.3, 0.4) is 0 Å². The first kappa shape index (κ1) is 12.4. The molecule has 0 aliphatic carbocycles. The van der Waals surface area contributed by atoms with Crippen LogP contribution in [0.2, 0.25) is 0 Å². The number of carboxylic acids is 1. The third-order valence-electron chi connectivity index (χ3n) is 2.09. The van der Waals surface area contributed by atoms with E-state index in [2.05, 4.69) is 14.3 Å². The first-order valence-corrected chi connectivity index (χ1v) is 6.16. The summed E-state index contributed by atoms with van der Waals surface area (Å²) >= 11 is 1.10. The molecule has 1 N–H and O–H groups in total. The second-order valence-corrected chi connectivity index (χ2v) is 4.20. The van der Waals surface area contributed by atoms with Crippen molar-refractivity contribution >= 4 is 17.5 Å². The molecule has 0 aromatic carbocycles. The minimum absolute atomic E-state index is 0.134. The summed E-state index contributed by atoms with van der Waals surface area (Å²) in [5.41, 5.74) is -0.134. The summed E-state index contributed by atoms with van der Waals surface area (Å²) in [6.45, 7) is 2.03. The zero-order valence-electron chi connectivity index (χ0n) is 9.66. The molecule has 0 aliphatic heterocycles. The van der Waals surface area contributed by atoms with Gasteiger partial charge in [0.15, 0.2) is 11.4 Å². The summed E-state index contributed by atoms with van der Waals surface area (Å²) < 4.78 is 9.51. The smallest absolute Gasteiger partial charge is 0.358 e. The van der Waals surface area contributed by atoms with E-state index in [4.69, 9.17) is 9.84 Å². The molecule has 6 nitrogen and oxygen atoms in total. The van der Waals surface area contributed by atoms with Gasteiger partial charge in [0.1, 0.15) is 5.82 Å². The van der Waals surface area contributed by atoms with Gasteiger partial charge in [-0.15, -0.1) is 0 Å². The summed E-state index contributed by atoms with van der Waals surface area (Å²) in [7, 11) is 0. The Labute approximate surface area is 107 Å². The maximum absolute atomic E-state index is 10.9. The van der Waals surface area contributed by atoms with Crippen LogP contribution in [0.25, 0.3) is 0 Å². The predicted octanol–water partition coefficient (Wildman–Crippen LogP) is 2.38. The van der Waals surface area contributed by atoms with Crippen LogP contribution in [0.1, 0.15) is 29.7 Å². The van der Waals surface area contributed by atoms with E-state index in [9.17, 15) is 4.79 Å². The Bertz CT molecular complexity index is 556. The quantitative estimate of drug-likeness (QED) is 0.893. The average molecular weight is 265 g/mol. The lowest BCUT2D eigenvalue weighted by atomic mass is 10.3. The Morgan fingerprint density at radius 1 is 1.56 bits per heavy atom. The molecule has 2 aromatic rings. The van der Waals surface area contributed by atoms with Gasteiger partial charge in [0.25, 0.3) is 5.19 Å². The summed E-state index contributed by atoms with van der Waals surface area (Å²) in [5.74, 6) is -0.258. The molecule has 94 valence electrons. The number of carbonyl (C=O) groups is 1. The van der Waals surface area contributed by atoms with Crippen molar-refractivity contribution in [3.05, 3.63) is 29.8 Å². The SMILES string of the molecule is CCCc1nsc(Oc2cccnc2C(=O)O)n1. The van der Waals surface area contributed by atoms with E-state index in [1.54, 1.807) is 6.07 Å². The Kier molecular flexibility index (Phi) is 3.83. The number of nitrogens with zero attached hydrogens (tertiary/aromatic N) is 3. The van der Waals surface area contributed by atoms with Crippen LogP contribution in [-0.4, -0.2) is 25.4 Å². The zero-order valence-corrected chi connectivity index (χ0v) is 10.5. The Hall–Kier alpha value is -2.02. The van der Waals surface area contributed by atoms with Crippen LogP contribution >= 0.6 is 11.5 Å². The first-order chi connectivity index (χ1) is 8.70. The van der Waals surface area contributed by atoms with Crippen molar-refractivity contribution in [2.75, 3.05) is 0 Å². The number of aromatic carboxylic acids is 1. The molecule has 0 aliphatic rings. The van der Waals surface area contributed by atoms with E-state index in [0.29, 0.717) is 11.0 Å². The molecule has 2 rings (SSSR count). The summed E-state index contributed by atoms with van der Waals surface area (Å²) in [6.07, 6.45) is 3.13. The molecule has 2 aromatic heterocycles. The third-order valence-corrected chi connectivity index (χ3v) is 2.73. The van der Waals surface area contributed by atoms with Gasteiger partial charge >= 0.3 is 5.97 Å². The van der Waals surface area contributed by atoms with Crippen molar-refractivity contribution in [1.82, 2.24) is 14.3 Å². The minimum Gasteiger partial charge on any atom is -0.476 e. The van der Waals surface area contributed by atoms with Gasteiger partial charge < -0.3 is 9.84 Å². The number of hydrogen-bond donors (Lipinski definition) is 1. The van der Waals surface area contributed by atoms with Gasteiger partial charge in [0.05, 0.1) is 0 Å². The molecule has 0 amide bonds. The number of rotatable bonds is 5. The number of hydrogen-bond acceptors (Lipinski definition) is 6. The minimum atomic E-state index is -1.14. The van der Waals surface area contributed by atoms with Crippen molar-refractivity contribution in [3.63, 3.8) is 0 Å². The van der Waals surface area contributed by atoms with Gasteiger partial charge in [-0.1, -0.05) is 6.92 Å². The first-order valence-electron chi connectivity index (χ1n) is 5.39. The average Bonchev–Trinajstić information content (AvgIpc) is 2.77. The molecule has 18 heavy (non-hydrogen) atoms. The monoisotopic (exact) mass is 265 g/mol. The zero-order chi connectivity index (χ0) is 13.0. The van der Waals surface area contributed by atoms with Crippen molar-refractivity contribution in [3.8, 4) is 10.9 Å². The number of pyridine rings is 1. The van der Waals surface area contributed by atoms with Crippen LogP contribution in [0.5, 0.6) is 10.9 Å². The maximum atomic E-state index is 10.9. The fourth-order valence-electron chi connectivity index (χ4n) is 1.33. The maximum Gasteiger partial charge on any atom is 0.358 e. The Balaban J connectivity index is 2.20. The number of aromatic nitrogens is 3. The van der Waals surface area contributed by atoms with Gasteiger partial charge in [-0.3, -0.25) is 0 Å². The fourth-order valence-corrected chi connectivity index (χ4v) is 1.92. The van der Waals surface area contributed by atoms with E-state index < -0.39 is 5.97 Å². The molecule has 2 heterocycles. The largest absolute Gasteiger partial charge is 0.476 e. The highest BCUT2D eigenvalue weighted by molar-refractivity contribution is 7.07. The lowest BCUT2D eigenvalue weighted by Crippen LogP contribution is -2.02. The van der Waals surface area contributed by atoms with Crippen molar-refractivity contribution in [2.24, 2.45) is 0 Å². The number of carboxylic acid groups (broad SMARTS) is 1. The molecular formula is C11H11N3O3S. The molecular weight excluding hydrogens is 254 g/mol. The fraction of sp³-hybridized carbons (Fsp3) is 0.273. The highest BCUT2D eigenvalue weighted by Gasteiger charge is 2.14. The molecule has 7 heteroatoms. The summed E-state index contributed by atoms with van der Waals surface area (Å²) in [6, 6.07) is 3.15. The molecule has 0 fully saturated rings. The van der Waals surface area contributed by atoms with E-state index in [1.165, 1.54) is 12.3 Å². The van der Waals surface area contributed by atoms with E-state index in [0.717, 1.165) is 24.4 Å². The highest BCUT2D eigenvalue weighted by atomic mass is 32.1. The van der Waals surface area contributed by atoms with E-state index in [-0.39, 0.29) is 11.4 Å². The van der Waals surface area contributed by atoms with Crippen molar-refractivity contribution in [2.45, 2.75) is 19.8 Å². The van der Waals surface area contributed by atoms with Crippen molar-refractivity contribution in [1.29, 1.82) is 0 Å². The molecule has 0 saturated carbocycles. The second kappa shape index (κ2) is 5.54. The molecule has 0 atom stereocenters. The highest BCUT2D eigenvalue weighted by Crippen LogP contribution is 2.25. The summed E-state index contributed by atoms with van der Waals surface area (Å²) in [4.78, 5) is 18.9. The van der Waals surface area contributed by atoms with E-state index in [1.807, 2.05) is 6.92 Å².